The van der Waals surface area contributed by atoms with Crippen LogP contribution in [0.4, 0.5) is 0 Å². The average Bonchev–Trinajstić information content (AvgIpc) is 3.42. The molecular formula is C70H111NO8. The number of hydrogen-bond acceptors (Lipinski definition) is 8. The number of rotatable bonds is 54. The first-order valence-corrected chi connectivity index (χ1v) is 30.6. The average molecular weight is 1090 g/mol. The summed E-state index contributed by atoms with van der Waals surface area (Å²) in [5.74, 6) is -2.35. The number of unbranched alkanes of at least 4 members (excludes halogenated alkanes) is 13. The van der Waals surface area contributed by atoms with E-state index in [1.165, 1.54) is 25.7 Å². The molecule has 9 nitrogen and oxygen atoms in total. The van der Waals surface area contributed by atoms with Crippen molar-refractivity contribution in [2.75, 3.05) is 47.5 Å². The van der Waals surface area contributed by atoms with Gasteiger partial charge in [-0.15, -0.1) is 0 Å². The Morgan fingerprint density at radius 2 is 0.722 bits per heavy atom. The first-order valence-electron chi connectivity index (χ1n) is 30.6. The van der Waals surface area contributed by atoms with E-state index in [-0.39, 0.29) is 38.6 Å². The van der Waals surface area contributed by atoms with Gasteiger partial charge in [-0.3, -0.25) is 9.59 Å². The molecule has 0 radical (unpaired) electrons. The number of ether oxygens (including phenoxy) is 4. The van der Waals surface area contributed by atoms with E-state index in [2.05, 4.69) is 172 Å². The van der Waals surface area contributed by atoms with Gasteiger partial charge >= 0.3 is 11.9 Å². The Morgan fingerprint density at radius 3 is 1.08 bits per heavy atom. The molecule has 0 aromatic rings. The Morgan fingerprint density at radius 1 is 0.392 bits per heavy atom. The van der Waals surface area contributed by atoms with E-state index in [1.807, 2.05) is 21.1 Å². The summed E-state index contributed by atoms with van der Waals surface area (Å²) in [5, 5.41) is 11.8. The topological polar surface area (TPSA) is 111 Å². The van der Waals surface area contributed by atoms with Crippen LogP contribution in [0.15, 0.2) is 158 Å². The predicted molar refractivity (Wildman–Crippen MR) is 333 cm³/mol. The van der Waals surface area contributed by atoms with Gasteiger partial charge in [0.25, 0.3) is 0 Å². The standard InChI is InChI=1S/C70H111NO8/c1-6-8-10-12-14-16-18-20-22-23-24-25-26-27-28-29-30-31-32-33-34-35-36-37-38-39-40-41-42-43-44-45-47-49-51-53-55-57-59-61-68(73)79-66(65-78-70(69(74)75)76-63-62-71(3,4)5)64-77-67(72)60-58-56-54-52-50-48-46-21-19-17-15-13-11-9-7-2/h8,10,14-17,20-22,24-25,27-28,30-31,33-34,36-37,39-40,42-43,45-47,66,70H,6-7,9,11-13,18-19,23,26,29,32,35,38,41,44,48-65H2,1-5H3/b10-8-,16-14-,17-15-,22-20-,25-24-,28-27-,31-30-,34-33-,37-36-,40-39-,43-42-,46-21-,47-45-. The maximum absolute atomic E-state index is 12.9. The molecule has 0 heterocycles. The summed E-state index contributed by atoms with van der Waals surface area (Å²) in [7, 11) is 5.89. The van der Waals surface area contributed by atoms with E-state index in [4.69, 9.17) is 18.9 Å². The number of likely N-dealkylation sites (N-methyl/N-ethyl adjacent to an activating group) is 1. The summed E-state index contributed by atoms with van der Waals surface area (Å²) < 4.78 is 22.6. The zero-order valence-electron chi connectivity index (χ0n) is 50.4. The van der Waals surface area contributed by atoms with Crippen LogP contribution in [0.3, 0.4) is 0 Å². The highest BCUT2D eigenvalue weighted by atomic mass is 16.7. The molecule has 0 amide bonds. The summed E-state index contributed by atoms with van der Waals surface area (Å²) >= 11 is 0. The van der Waals surface area contributed by atoms with Crippen LogP contribution in [-0.2, 0) is 33.3 Å². The molecular weight excluding hydrogens is 983 g/mol. The van der Waals surface area contributed by atoms with Crippen LogP contribution in [0.5, 0.6) is 0 Å². The highest BCUT2D eigenvalue weighted by Crippen LogP contribution is 2.13. The zero-order chi connectivity index (χ0) is 57.6. The van der Waals surface area contributed by atoms with Crippen molar-refractivity contribution in [2.24, 2.45) is 0 Å². The van der Waals surface area contributed by atoms with Crippen LogP contribution in [0.2, 0.25) is 0 Å². The molecule has 2 atom stereocenters. The van der Waals surface area contributed by atoms with E-state index >= 15 is 0 Å². The number of carbonyl (C=O) groups excluding carboxylic acids is 3. The van der Waals surface area contributed by atoms with E-state index < -0.39 is 24.3 Å². The summed E-state index contributed by atoms with van der Waals surface area (Å²) in [6.07, 6.45) is 84.4. The number of nitrogens with zero attached hydrogens (tertiary/aromatic N) is 1. The van der Waals surface area contributed by atoms with Gasteiger partial charge in [0.2, 0.25) is 0 Å². The van der Waals surface area contributed by atoms with Crippen LogP contribution in [0.25, 0.3) is 0 Å². The molecule has 0 N–H and O–H groups in total. The Bertz CT molecular complexity index is 1850. The molecule has 2 unspecified atom stereocenters. The Kier molecular flexibility index (Phi) is 55.2. The van der Waals surface area contributed by atoms with Crippen molar-refractivity contribution in [3.63, 3.8) is 0 Å². The molecule has 0 aliphatic rings. The number of quaternary nitrogens is 1. The van der Waals surface area contributed by atoms with E-state index in [0.717, 1.165) is 141 Å². The van der Waals surface area contributed by atoms with Gasteiger partial charge in [0.05, 0.1) is 40.3 Å². The number of aliphatic carboxylic acids is 1. The van der Waals surface area contributed by atoms with Gasteiger partial charge in [0.1, 0.15) is 13.2 Å². The second-order valence-corrected chi connectivity index (χ2v) is 20.9. The van der Waals surface area contributed by atoms with E-state index in [0.29, 0.717) is 23.9 Å². The van der Waals surface area contributed by atoms with Gasteiger partial charge in [-0.25, -0.2) is 0 Å². The predicted octanol–water partition coefficient (Wildman–Crippen LogP) is 17.2. The Balaban J connectivity index is 4.26. The third-order valence-corrected chi connectivity index (χ3v) is 12.3. The van der Waals surface area contributed by atoms with Crippen molar-refractivity contribution < 1.29 is 42.9 Å². The summed E-state index contributed by atoms with van der Waals surface area (Å²) in [5.41, 5.74) is 0. The summed E-state index contributed by atoms with van der Waals surface area (Å²) in [6.45, 7) is 4.53. The molecule has 9 heteroatoms. The van der Waals surface area contributed by atoms with Crippen LogP contribution in [0, 0.1) is 0 Å². The van der Waals surface area contributed by atoms with Crippen molar-refractivity contribution in [3.8, 4) is 0 Å². The van der Waals surface area contributed by atoms with E-state index in [1.54, 1.807) is 0 Å². The molecule has 0 aliphatic carbocycles. The number of esters is 2. The number of carboxylic acid groups (broad SMARTS) is 1. The number of carboxylic acids is 1. The number of allylic oxidation sites excluding steroid dienone is 26. The van der Waals surface area contributed by atoms with E-state index in [9.17, 15) is 19.5 Å². The smallest absolute Gasteiger partial charge is 0.306 e. The quantitative estimate of drug-likeness (QED) is 0.0195. The molecule has 0 saturated heterocycles. The SMILES string of the molecule is CC/C=C\C/C=C\C/C=C\C/C=C\C/C=C\C/C=C\C/C=C\C/C=C\C/C=C\C/C=C\C/C=C\CCCCCCCC(=O)OC(COC(=O)CCCCCCC/C=C\C/C=C\CCCCC)COC(OCC[N+](C)(C)C)C(=O)[O-]. The van der Waals surface area contributed by atoms with Crippen LogP contribution in [0.1, 0.15) is 206 Å². The number of carbonyl (C=O) groups is 3. The van der Waals surface area contributed by atoms with Crippen molar-refractivity contribution >= 4 is 17.9 Å². The van der Waals surface area contributed by atoms with Gasteiger partial charge in [0, 0.05) is 12.8 Å². The Hall–Kier alpha value is -5.09. The highest BCUT2D eigenvalue weighted by Gasteiger charge is 2.22. The van der Waals surface area contributed by atoms with Crippen molar-refractivity contribution in [1.29, 1.82) is 0 Å². The fourth-order valence-electron chi connectivity index (χ4n) is 7.57. The molecule has 0 spiro atoms. The fourth-order valence-corrected chi connectivity index (χ4v) is 7.57. The molecule has 0 saturated carbocycles. The molecule has 0 bridgehead atoms. The molecule has 0 aliphatic heterocycles. The molecule has 0 aromatic heterocycles. The highest BCUT2D eigenvalue weighted by molar-refractivity contribution is 5.70. The lowest BCUT2D eigenvalue weighted by Gasteiger charge is -2.26. The van der Waals surface area contributed by atoms with Crippen molar-refractivity contribution in [1.82, 2.24) is 0 Å². The third kappa shape index (κ3) is 60.4. The molecule has 0 aromatic carbocycles. The first-order chi connectivity index (χ1) is 38.6. The largest absolute Gasteiger partial charge is 0.545 e. The maximum atomic E-state index is 12.9. The van der Waals surface area contributed by atoms with Gasteiger partial charge in [0.15, 0.2) is 12.4 Å². The van der Waals surface area contributed by atoms with Crippen molar-refractivity contribution in [3.05, 3.63) is 158 Å². The fraction of sp³-hybridized carbons (Fsp3) is 0.586. The minimum atomic E-state index is -1.64. The van der Waals surface area contributed by atoms with Gasteiger partial charge < -0.3 is 33.3 Å². The third-order valence-electron chi connectivity index (χ3n) is 12.3. The second-order valence-electron chi connectivity index (χ2n) is 20.9. The minimum Gasteiger partial charge on any atom is -0.545 e. The monoisotopic (exact) mass is 1090 g/mol. The zero-order valence-corrected chi connectivity index (χ0v) is 50.4. The van der Waals surface area contributed by atoms with Crippen LogP contribution >= 0.6 is 0 Å². The lowest BCUT2D eigenvalue weighted by atomic mass is 10.1. The Labute approximate surface area is 483 Å². The minimum absolute atomic E-state index is 0.133. The molecule has 79 heavy (non-hydrogen) atoms. The first kappa shape index (κ1) is 73.9. The summed E-state index contributed by atoms with van der Waals surface area (Å²) in [4.78, 5) is 37.3. The van der Waals surface area contributed by atoms with Crippen molar-refractivity contribution in [2.45, 2.75) is 219 Å². The molecule has 444 valence electrons. The normalized spacial score (nSPS) is 13.9. The molecule has 0 rings (SSSR count). The van der Waals surface area contributed by atoms with Gasteiger partial charge in [-0.05, 0) is 128 Å². The maximum Gasteiger partial charge on any atom is 0.306 e. The second kappa shape index (κ2) is 59.0. The number of hydrogen-bond donors (Lipinski definition) is 0. The van der Waals surface area contributed by atoms with Crippen LogP contribution < -0.4 is 5.11 Å². The van der Waals surface area contributed by atoms with Crippen LogP contribution in [-0.4, -0.2) is 82.3 Å². The lowest BCUT2D eigenvalue weighted by molar-refractivity contribution is -0.870. The van der Waals surface area contributed by atoms with Gasteiger partial charge in [-0.2, -0.15) is 0 Å². The molecule has 0 fully saturated rings. The summed E-state index contributed by atoms with van der Waals surface area (Å²) in [6, 6.07) is 0. The lowest BCUT2D eigenvalue weighted by Crippen LogP contribution is -2.44. The van der Waals surface area contributed by atoms with Gasteiger partial charge in [-0.1, -0.05) is 223 Å².